The van der Waals surface area contributed by atoms with Crippen molar-refractivity contribution in [2.45, 2.75) is 27.2 Å². The molecule has 0 aliphatic carbocycles. The van der Waals surface area contributed by atoms with E-state index in [9.17, 15) is 4.79 Å². The molecule has 1 aromatic carbocycles. The van der Waals surface area contributed by atoms with Gasteiger partial charge in [-0.25, -0.2) is 0 Å². The molecule has 0 spiro atoms. The maximum atomic E-state index is 12.4. The Bertz CT molecular complexity index is 493. The monoisotopic (exact) mass is 259 g/mol. The number of hydrogen-bond donors (Lipinski definition) is 1. The summed E-state index contributed by atoms with van der Waals surface area (Å²) < 4.78 is 0. The number of carbonyl (C=O) groups excluding carboxylic acids is 1. The quantitative estimate of drug-likeness (QED) is 0.842. The van der Waals surface area contributed by atoms with Gasteiger partial charge >= 0.3 is 0 Å². The number of aliphatic hydroxyl groups excluding tert-OH is 1. The van der Waals surface area contributed by atoms with E-state index in [0.29, 0.717) is 25.1 Å². The van der Waals surface area contributed by atoms with Gasteiger partial charge in [0, 0.05) is 25.1 Å². The highest BCUT2D eigenvalue weighted by Gasteiger charge is 2.15. The van der Waals surface area contributed by atoms with Crippen molar-refractivity contribution in [2.24, 2.45) is 0 Å². The van der Waals surface area contributed by atoms with E-state index in [4.69, 9.17) is 5.11 Å². The first-order valence-electron chi connectivity index (χ1n) is 6.63. The number of nitrogens with zero attached hydrogens (tertiary/aromatic N) is 1. The number of aliphatic hydroxyl groups is 1. The largest absolute Gasteiger partial charge is 0.395 e. The Morgan fingerprint density at radius 3 is 2.58 bits per heavy atom. The Morgan fingerprint density at radius 1 is 1.32 bits per heavy atom. The zero-order valence-corrected chi connectivity index (χ0v) is 11.9. The minimum Gasteiger partial charge on any atom is -0.395 e. The fourth-order valence-corrected chi connectivity index (χ4v) is 1.84. The maximum absolute atomic E-state index is 12.4. The molecule has 0 saturated carbocycles. The molecule has 0 aliphatic rings. The number of carbonyl (C=O) groups is 1. The molecule has 0 heterocycles. The maximum Gasteiger partial charge on any atom is 0.255 e. The summed E-state index contributed by atoms with van der Waals surface area (Å²) in [5.41, 5.74) is 2.42. The molecule has 1 aromatic rings. The summed E-state index contributed by atoms with van der Waals surface area (Å²) in [6, 6.07) is 5.70. The van der Waals surface area contributed by atoms with Crippen molar-refractivity contribution < 1.29 is 9.90 Å². The molecular formula is C16H21NO2. The molecule has 19 heavy (non-hydrogen) atoms. The van der Waals surface area contributed by atoms with Crippen LogP contribution in [0.25, 0.3) is 0 Å². The molecular weight excluding hydrogens is 238 g/mol. The molecule has 0 atom stereocenters. The molecule has 1 amide bonds. The smallest absolute Gasteiger partial charge is 0.255 e. The summed E-state index contributed by atoms with van der Waals surface area (Å²) >= 11 is 0. The van der Waals surface area contributed by atoms with Gasteiger partial charge in [0.1, 0.15) is 0 Å². The van der Waals surface area contributed by atoms with Gasteiger partial charge in [0.2, 0.25) is 0 Å². The molecule has 3 heteroatoms. The predicted octanol–water partition coefficient (Wildman–Crippen LogP) is 2.21. The number of aryl methyl sites for hydroxylation is 1. The topological polar surface area (TPSA) is 40.5 Å². The SMILES string of the molecule is CCN(CC)C(=O)c1cc(C)ccc1C#CCCO. The highest BCUT2D eigenvalue weighted by atomic mass is 16.2. The number of benzene rings is 1. The van der Waals surface area contributed by atoms with Crippen LogP contribution in [0.1, 0.15) is 41.8 Å². The summed E-state index contributed by atoms with van der Waals surface area (Å²) in [6.45, 7) is 7.31. The average Bonchev–Trinajstić information content (AvgIpc) is 2.41. The molecule has 0 radical (unpaired) electrons. The van der Waals surface area contributed by atoms with Crippen LogP contribution in [0.4, 0.5) is 0 Å². The lowest BCUT2D eigenvalue weighted by atomic mass is 10.0. The molecule has 1 N–H and O–H groups in total. The lowest BCUT2D eigenvalue weighted by Crippen LogP contribution is -2.31. The first kappa shape index (κ1) is 15.3. The second-order valence-electron chi connectivity index (χ2n) is 4.30. The highest BCUT2D eigenvalue weighted by Crippen LogP contribution is 2.13. The lowest BCUT2D eigenvalue weighted by molar-refractivity contribution is 0.0772. The predicted molar refractivity (Wildman–Crippen MR) is 77.0 cm³/mol. The zero-order chi connectivity index (χ0) is 14.3. The highest BCUT2D eigenvalue weighted by molar-refractivity contribution is 5.97. The van der Waals surface area contributed by atoms with E-state index in [-0.39, 0.29) is 12.5 Å². The van der Waals surface area contributed by atoms with Crippen LogP contribution in [0, 0.1) is 18.8 Å². The van der Waals surface area contributed by atoms with E-state index < -0.39 is 0 Å². The van der Waals surface area contributed by atoms with Gasteiger partial charge in [-0.2, -0.15) is 0 Å². The Balaban J connectivity index is 3.14. The lowest BCUT2D eigenvalue weighted by Gasteiger charge is -2.19. The minimum atomic E-state index is 0.0157. The van der Waals surface area contributed by atoms with E-state index in [1.165, 1.54) is 0 Å². The Labute approximate surface area is 115 Å². The molecule has 1 rings (SSSR count). The number of hydrogen-bond acceptors (Lipinski definition) is 2. The van der Waals surface area contributed by atoms with Gasteiger partial charge in [-0.1, -0.05) is 23.5 Å². The molecule has 0 saturated heterocycles. The van der Waals surface area contributed by atoms with E-state index in [2.05, 4.69) is 11.8 Å². The molecule has 0 aromatic heterocycles. The zero-order valence-electron chi connectivity index (χ0n) is 11.9. The molecule has 102 valence electrons. The van der Waals surface area contributed by atoms with E-state index in [0.717, 1.165) is 11.1 Å². The number of rotatable bonds is 4. The Hall–Kier alpha value is -1.79. The Kier molecular flexibility index (Phi) is 6.11. The van der Waals surface area contributed by atoms with Crippen molar-refractivity contribution in [2.75, 3.05) is 19.7 Å². The van der Waals surface area contributed by atoms with Gasteiger partial charge < -0.3 is 10.0 Å². The van der Waals surface area contributed by atoms with Crippen LogP contribution in [-0.4, -0.2) is 35.6 Å². The van der Waals surface area contributed by atoms with E-state index in [1.54, 1.807) is 4.90 Å². The summed E-state index contributed by atoms with van der Waals surface area (Å²) in [7, 11) is 0. The summed E-state index contributed by atoms with van der Waals surface area (Å²) in [6.07, 6.45) is 0.423. The van der Waals surface area contributed by atoms with Crippen LogP contribution >= 0.6 is 0 Å². The minimum absolute atomic E-state index is 0.0157. The van der Waals surface area contributed by atoms with Crippen LogP contribution in [-0.2, 0) is 0 Å². The second kappa shape index (κ2) is 7.60. The standard InChI is InChI=1S/C16H21NO2/c1-4-17(5-2)16(19)15-12-13(3)9-10-14(15)8-6-7-11-18/h9-10,12,18H,4-5,7,11H2,1-3H3. The molecule has 0 unspecified atom stereocenters. The van der Waals surface area contributed by atoms with Crippen LogP contribution in [0.3, 0.4) is 0 Å². The molecule has 3 nitrogen and oxygen atoms in total. The van der Waals surface area contributed by atoms with Gasteiger partial charge in [-0.05, 0) is 32.9 Å². The third-order valence-electron chi connectivity index (χ3n) is 2.92. The molecule has 0 fully saturated rings. The van der Waals surface area contributed by atoms with Crippen molar-refractivity contribution in [3.05, 3.63) is 34.9 Å². The van der Waals surface area contributed by atoms with Gasteiger partial charge in [0.15, 0.2) is 0 Å². The Morgan fingerprint density at radius 2 is 2.00 bits per heavy atom. The van der Waals surface area contributed by atoms with Crippen molar-refractivity contribution in [3.8, 4) is 11.8 Å². The fraction of sp³-hybridized carbons (Fsp3) is 0.438. The summed E-state index contributed by atoms with van der Waals surface area (Å²) in [5.74, 6) is 5.85. The average molecular weight is 259 g/mol. The van der Waals surface area contributed by atoms with Crippen molar-refractivity contribution in [3.63, 3.8) is 0 Å². The van der Waals surface area contributed by atoms with Crippen LogP contribution in [0.5, 0.6) is 0 Å². The van der Waals surface area contributed by atoms with Gasteiger partial charge in [-0.15, -0.1) is 0 Å². The van der Waals surface area contributed by atoms with Gasteiger partial charge in [0.05, 0.1) is 12.2 Å². The summed E-state index contributed by atoms with van der Waals surface area (Å²) in [4.78, 5) is 14.2. The molecule has 0 aliphatic heterocycles. The summed E-state index contributed by atoms with van der Waals surface area (Å²) in [5, 5.41) is 8.75. The van der Waals surface area contributed by atoms with Crippen molar-refractivity contribution >= 4 is 5.91 Å². The number of amides is 1. The third-order valence-corrected chi connectivity index (χ3v) is 2.92. The normalized spacial score (nSPS) is 9.68. The second-order valence-corrected chi connectivity index (χ2v) is 4.30. The molecule has 0 bridgehead atoms. The van der Waals surface area contributed by atoms with E-state index >= 15 is 0 Å². The van der Waals surface area contributed by atoms with Crippen LogP contribution in [0.15, 0.2) is 18.2 Å². The van der Waals surface area contributed by atoms with Crippen molar-refractivity contribution in [1.29, 1.82) is 0 Å². The van der Waals surface area contributed by atoms with Crippen LogP contribution < -0.4 is 0 Å². The fourth-order valence-electron chi connectivity index (χ4n) is 1.84. The van der Waals surface area contributed by atoms with Gasteiger partial charge in [0.25, 0.3) is 5.91 Å². The first-order chi connectivity index (χ1) is 9.13. The first-order valence-corrected chi connectivity index (χ1v) is 6.63. The third kappa shape index (κ3) is 4.11. The van der Waals surface area contributed by atoms with Crippen LogP contribution in [0.2, 0.25) is 0 Å². The van der Waals surface area contributed by atoms with E-state index in [1.807, 2.05) is 39.0 Å². The van der Waals surface area contributed by atoms with Gasteiger partial charge in [-0.3, -0.25) is 4.79 Å². The van der Waals surface area contributed by atoms with Crippen molar-refractivity contribution in [1.82, 2.24) is 4.90 Å².